The van der Waals surface area contributed by atoms with Crippen LogP contribution >= 0.6 is 11.3 Å². The highest BCUT2D eigenvalue weighted by molar-refractivity contribution is 7.18. The summed E-state index contributed by atoms with van der Waals surface area (Å²) in [5, 5.41) is 3.89. The molecule has 170 valence electrons. The molecule has 5 nitrogen and oxygen atoms in total. The van der Waals surface area contributed by atoms with Gasteiger partial charge in [-0.05, 0) is 43.1 Å². The number of benzene rings is 1. The van der Waals surface area contributed by atoms with Crippen molar-refractivity contribution in [3.63, 3.8) is 0 Å². The average molecular weight is 462 g/mol. The lowest BCUT2D eigenvalue weighted by Gasteiger charge is -2.25. The zero-order valence-electron chi connectivity index (χ0n) is 18.0. The molecule has 1 N–H and O–H groups in total. The molecule has 0 bridgehead atoms. The molecular weight excluding hydrogens is 435 g/mol. The molecule has 1 unspecified atom stereocenters. The summed E-state index contributed by atoms with van der Waals surface area (Å²) in [4.78, 5) is 14.4. The number of nitrogens with one attached hydrogen (secondary N) is 1. The van der Waals surface area contributed by atoms with E-state index in [9.17, 15) is 13.2 Å². The highest BCUT2D eigenvalue weighted by atomic mass is 32.1. The third-order valence-corrected chi connectivity index (χ3v) is 7.68. The fourth-order valence-electron chi connectivity index (χ4n) is 5.08. The van der Waals surface area contributed by atoms with E-state index in [2.05, 4.69) is 49.4 Å². The van der Waals surface area contributed by atoms with Gasteiger partial charge >= 0.3 is 6.18 Å². The van der Waals surface area contributed by atoms with Gasteiger partial charge in [-0.1, -0.05) is 12.1 Å². The second-order valence-electron chi connectivity index (χ2n) is 9.00. The Balaban J connectivity index is 1.28. The summed E-state index contributed by atoms with van der Waals surface area (Å²) < 4.78 is 38.6. The van der Waals surface area contributed by atoms with E-state index in [0.29, 0.717) is 9.71 Å². The number of halogens is 3. The molecule has 2 aromatic heterocycles. The van der Waals surface area contributed by atoms with Crippen molar-refractivity contribution in [2.45, 2.75) is 32.0 Å². The minimum absolute atomic E-state index is 0.215. The first-order valence-electron chi connectivity index (χ1n) is 10.9. The molecule has 3 aromatic rings. The van der Waals surface area contributed by atoms with Gasteiger partial charge in [0.05, 0.1) is 11.8 Å². The van der Waals surface area contributed by atoms with E-state index >= 15 is 0 Å². The molecule has 0 radical (unpaired) electrons. The lowest BCUT2D eigenvalue weighted by atomic mass is 9.86. The summed E-state index contributed by atoms with van der Waals surface area (Å²) in [6.07, 6.45) is -1.44. The van der Waals surface area contributed by atoms with Crippen LogP contribution < -0.4 is 10.2 Å². The van der Waals surface area contributed by atoms with E-state index in [1.54, 1.807) is 6.07 Å². The largest absolute Gasteiger partial charge is 0.393 e. The highest BCUT2D eigenvalue weighted by Crippen LogP contribution is 2.43. The Morgan fingerprint density at radius 2 is 1.88 bits per heavy atom. The van der Waals surface area contributed by atoms with Gasteiger partial charge in [-0.3, -0.25) is 4.90 Å². The van der Waals surface area contributed by atoms with Crippen LogP contribution in [0.3, 0.4) is 0 Å². The smallest absolute Gasteiger partial charge is 0.388 e. The Morgan fingerprint density at radius 1 is 1.09 bits per heavy atom. The Labute approximate surface area is 189 Å². The lowest BCUT2D eigenvalue weighted by molar-refractivity contribution is -0.126. The van der Waals surface area contributed by atoms with Crippen LogP contribution in [0.15, 0.2) is 36.7 Å². The van der Waals surface area contributed by atoms with Crippen molar-refractivity contribution in [3.8, 4) is 0 Å². The van der Waals surface area contributed by atoms with Gasteiger partial charge < -0.3 is 10.2 Å². The average Bonchev–Trinajstić information content (AvgIpc) is 3.46. The van der Waals surface area contributed by atoms with Crippen LogP contribution in [0.1, 0.15) is 23.3 Å². The number of likely N-dealkylation sites (tertiary alicyclic amines) is 1. The minimum Gasteiger partial charge on any atom is -0.388 e. The number of rotatable bonds is 5. The van der Waals surface area contributed by atoms with E-state index in [1.807, 2.05) is 7.05 Å². The van der Waals surface area contributed by atoms with Crippen LogP contribution in [0.25, 0.3) is 10.2 Å². The molecule has 2 saturated heterocycles. The summed E-state index contributed by atoms with van der Waals surface area (Å²) in [7, 11) is 1.92. The molecular formula is C23H26F3N5S. The van der Waals surface area contributed by atoms with Crippen molar-refractivity contribution in [3.05, 3.63) is 47.1 Å². The number of anilines is 2. The Hall–Kier alpha value is -2.39. The number of thiophene rings is 1. The van der Waals surface area contributed by atoms with Crippen molar-refractivity contribution in [2.75, 3.05) is 43.4 Å². The normalized spacial score (nSPS) is 21.8. The van der Waals surface area contributed by atoms with Gasteiger partial charge in [0.1, 0.15) is 17.0 Å². The van der Waals surface area contributed by atoms with Gasteiger partial charge in [0, 0.05) is 49.2 Å². The van der Waals surface area contributed by atoms with Gasteiger partial charge in [0.25, 0.3) is 0 Å². The number of aromatic nitrogens is 2. The third kappa shape index (κ3) is 4.41. The molecule has 5 rings (SSSR count). The highest BCUT2D eigenvalue weighted by Gasteiger charge is 2.44. The van der Waals surface area contributed by atoms with Gasteiger partial charge in [-0.25, -0.2) is 9.97 Å². The summed E-state index contributed by atoms with van der Waals surface area (Å²) in [6, 6.07) is 10.2. The molecule has 1 spiro atoms. The van der Waals surface area contributed by atoms with Crippen molar-refractivity contribution >= 4 is 33.1 Å². The molecule has 32 heavy (non-hydrogen) atoms. The quantitative estimate of drug-likeness (QED) is 0.583. The van der Waals surface area contributed by atoms with Crippen LogP contribution in [0.5, 0.6) is 0 Å². The Morgan fingerprint density at radius 3 is 2.62 bits per heavy atom. The topological polar surface area (TPSA) is 44.3 Å². The first-order chi connectivity index (χ1) is 15.3. The maximum absolute atomic E-state index is 12.9. The van der Waals surface area contributed by atoms with Crippen LogP contribution in [-0.2, 0) is 13.0 Å². The molecule has 2 fully saturated rings. The van der Waals surface area contributed by atoms with Gasteiger partial charge in [0.15, 0.2) is 0 Å². The summed E-state index contributed by atoms with van der Waals surface area (Å²) in [5.74, 6) is 0.776. The van der Waals surface area contributed by atoms with E-state index in [1.165, 1.54) is 11.9 Å². The number of hydrogen-bond acceptors (Lipinski definition) is 6. The summed E-state index contributed by atoms with van der Waals surface area (Å²) in [6.45, 7) is 4.80. The molecule has 0 saturated carbocycles. The fraction of sp³-hybridized carbons (Fsp3) is 0.478. The number of alkyl halides is 3. The predicted octanol–water partition coefficient (Wildman–Crippen LogP) is 4.94. The van der Waals surface area contributed by atoms with Crippen LogP contribution in [0.4, 0.5) is 24.7 Å². The number of nitrogens with zero attached hydrogens (tertiary/aromatic N) is 4. The first kappa shape index (κ1) is 21.5. The minimum atomic E-state index is -4.22. The van der Waals surface area contributed by atoms with E-state index in [-0.39, 0.29) is 5.41 Å². The maximum Gasteiger partial charge on any atom is 0.393 e. The number of fused-ring (bicyclic) bond motifs is 1. The van der Waals surface area contributed by atoms with E-state index in [0.717, 1.165) is 73.8 Å². The molecule has 1 aromatic carbocycles. The van der Waals surface area contributed by atoms with Gasteiger partial charge in [0.2, 0.25) is 0 Å². The van der Waals surface area contributed by atoms with E-state index in [4.69, 9.17) is 0 Å². The molecule has 2 aliphatic heterocycles. The van der Waals surface area contributed by atoms with E-state index < -0.39 is 12.6 Å². The summed E-state index contributed by atoms with van der Waals surface area (Å²) in [5.41, 5.74) is 2.64. The van der Waals surface area contributed by atoms with Crippen molar-refractivity contribution in [1.82, 2.24) is 14.9 Å². The van der Waals surface area contributed by atoms with Crippen molar-refractivity contribution < 1.29 is 13.2 Å². The lowest BCUT2D eigenvalue weighted by Crippen LogP contribution is -2.31. The van der Waals surface area contributed by atoms with Crippen LogP contribution in [-0.4, -0.2) is 54.3 Å². The molecule has 2 aliphatic rings. The maximum atomic E-state index is 12.9. The Bertz CT molecular complexity index is 1100. The fourth-order valence-corrected chi connectivity index (χ4v) is 6.10. The molecule has 0 amide bonds. The zero-order valence-corrected chi connectivity index (χ0v) is 18.8. The van der Waals surface area contributed by atoms with Gasteiger partial charge in [-0.2, -0.15) is 13.2 Å². The second kappa shape index (κ2) is 8.19. The zero-order chi connectivity index (χ0) is 22.3. The molecule has 4 heterocycles. The Kier molecular flexibility index (Phi) is 5.49. The van der Waals surface area contributed by atoms with Crippen LogP contribution in [0, 0.1) is 5.41 Å². The van der Waals surface area contributed by atoms with Crippen LogP contribution in [0.2, 0.25) is 0 Å². The van der Waals surface area contributed by atoms with Crippen molar-refractivity contribution in [2.24, 2.45) is 5.41 Å². The number of hydrogen-bond donors (Lipinski definition) is 1. The predicted molar refractivity (Wildman–Crippen MR) is 122 cm³/mol. The van der Waals surface area contributed by atoms with Gasteiger partial charge in [-0.15, -0.1) is 11.3 Å². The first-order valence-corrected chi connectivity index (χ1v) is 11.7. The summed E-state index contributed by atoms with van der Waals surface area (Å²) >= 11 is 1.11. The molecule has 9 heteroatoms. The standard InChI is InChI=1S/C23H26F3N5S/c1-27-17-4-2-16(3-5-17)12-30-8-6-22(13-30)7-9-31(14-22)20-19-10-18(11-23(24,25)26)32-21(19)29-15-28-20/h2-5,10,15,27H,6-9,11-14H2,1H3. The monoisotopic (exact) mass is 461 g/mol. The second-order valence-corrected chi connectivity index (χ2v) is 10.1. The molecule has 0 aliphatic carbocycles. The molecule has 1 atom stereocenters. The third-order valence-electron chi connectivity index (χ3n) is 6.64. The van der Waals surface area contributed by atoms with Crippen molar-refractivity contribution in [1.29, 1.82) is 0 Å². The SMILES string of the molecule is CNc1ccc(CN2CCC3(CCN(c4ncnc5sc(CC(F)(F)F)cc45)C3)C2)cc1.